The SMILES string of the molecule is CCc1onc(-c2cnn(-c3ccccc3)c2)c1C(=O)O. The van der Waals surface area contributed by atoms with Crippen LogP contribution >= 0.6 is 0 Å². The molecule has 1 aromatic carbocycles. The molecule has 1 N–H and O–H groups in total. The Bertz CT molecular complexity index is 775. The summed E-state index contributed by atoms with van der Waals surface area (Å²) < 4.78 is 6.78. The molecule has 2 heterocycles. The molecule has 0 bridgehead atoms. The van der Waals surface area contributed by atoms with E-state index in [4.69, 9.17) is 4.52 Å². The molecular formula is C15H13N3O3. The van der Waals surface area contributed by atoms with Gasteiger partial charge in [0, 0.05) is 18.2 Å². The van der Waals surface area contributed by atoms with Crippen LogP contribution in [-0.2, 0) is 6.42 Å². The molecule has 0 aliphatic carbocycles. The zero-order chi connectivity index (χ0) is 14.8. The van der Waals surface area contributed by atoms with Crippen molar-refractivity contribution in [1.82, 2.24) is 14.9 Å². The smallest absolute Gasteiger partial charge is 0.341 e. The highest BCUT2D eigenvalue weighted by Gasteiger charge is 2.23. The lowest BCUT2D eigenvalue weighted by atomic mass is 10.1. The average Bonchev–Trinajstić information content (AvgIpc) is 3.14. The topological polar surface area (TPSA) is 81.2 Å². The molecule has 6 heteroatoms. The molecule has 0 atom stereocenters. The number of aromatic nitrogens is 3. The first-order valence-electron chi connectivity index (χ1n) is 6.53. The Morgan fingerprint density at radius 1 is 1.33 bits per heavy atom. The van der Waals surface area contributed by atoms with Gasteiger partial charge in [0.1, 0.15) is 11.3 Å². The maximum absolute atomic E-state index is 11.4. The van der Waals surface area contributed by atoms with E-state index in [0.29, 0.717) is 23.4 Å². The van der Waals surface area contributed by atoms with E-state index < -0.39 is 5.97 Å². The number of hydrogen-bond donors (Lipinski definition) is 1. The van der Waals surface area contributed by atoms with Crippen LogP contribution < -0.4 is 0 Å². The van der Waals surface area contributed by atoms with E-state index in [-0.39, 0.29) is 5.56 Å². The third-order valence-electron chi connectivity index (χ3n) is 3.17. The van der Waals surface area contributed by atoms with E-state index in [1.807, 2.05) is 37.3 Å². The number of aromatic carboxylic acids is 1. The number of para-hydroxylation sites is 1. The van der Waals surface area contributed by atoms with Gasteiger partial charge in [0.15, 0.2) is 5.76 Å². The third-order valence-corrected chi connectivity index (χ3v) is 3.17. The molecule has 0 amide bonds. The highest BCUT2D eigenvalue weighted by atomic mass is 16.5. The monoisotopic (exact) mass is 283 g/mol. The van der Waals surface area contributed by atoms with Crippen LogP contribution in [0.2, 0.25) is 0 Å². The maximum atomic E-state index is 11.4. The zero-order valence-corrected chi connectivity index (χ0v) is 11.4. The summed E-state index contributed by atoms with van der Waals surface area (Å²) >= 11 is 0. The van der Waals surface area contributed by atoms with Gasteiger partial charge >= 0.3 is 5.97 Å². The van der Waals surface area contributed by atoms with Gasteiger partial charge in [-0.15, -0.1) is 0 Å². The number of nitrogens with zero attached hydrogens (tertiary/aromatic N) is 3. The van der Waals surface area contributed by atoms with Crippen molar-refractivity contribution in [2.45, 2.75) is 13.3 Å². The number of benzene rings is 1. The number of hydrogen-bond acceptors (Lipinski definition) is 4. The van der Waals surface area contributed by atoms with Crippen LogP contribution in [0.5, 0.6) is 0 Å². The Kier molecular flexibility index (Phi) is 3.27. The summed E-state index contributed by atoms with van der Waals surface area (Å²) in [4.78, 5) is 11.4. The molecule has 3 rings (SSSR count). The van der Waals surface area contributed by atoms with Gasteiger partial charge in [0.25, 0.3) is 0 Å². The molecular weight excluding hydrogens is 270 g/mol. The third kappa shape index (κ3) is 2.31. The fourth-order valence-electron chi connectivity index (χ4n) is 2.15. The second-order valence-electron chi connectivity index (χ2n) is 4.50. The highest BCUT2D eigenvalue weighted by molar-refractivity contribution is 5.95. The quantitative estimate of drug-likeness (QED) is 0.796. The molecule has 21 heavy (non-hydrogen) atoms. The Morgan fingerprint density at radius 2 is 2.10 bits per heavy atom. The van der Waals surface area contributed by atoms with Gasteiger partial charge < -0.3 is 9.63 Å². The normalized spacial score (nSPS) is 10.7. The molecule has 3 aromatic rings. The molecule has 0 saturated carbocycles. The van der Waals surface area contributed by atoms with Crippen molar-refractivity contribution in [3.05, 3.63) is 54.0 Å². The number of carboxylic acids is 1. The number of rotatable bonds is 4. The summed E-state index contributed by atoms with van der Waals surface area (Å²) in [7, 11) is 0. The van der Waals surface area contributed by atoms with Crippen LogP contribution in [0.25, 0.3) is 16.9 Å². The van der Waals surface area contributed by atoms with Gasteiger partial charge in [-0.3, -0.25) is 0 Å². The van der Waals surface area contributed by atoms with Gasteiger partial charge in [-0.1, -0.05) is 30.3 Å². The largest absolute Gasteiger partial charge is 0.477 e. The van der Waals surface area contributed by atoms with Crippen molar-refractivity contribution in [3.8, 4) is 16.9 Å². The summed E-state index contributed by atoms with van der Waals surface area (Å²) in [5.74, 6) is -0.680. The Morgan fingerprint density at radius 3 is 2.76 bits per heavy atom. The van der Waals surface area contributed by atoms with E-state index >= 15 is 0 Å². The second-order valence-corrected chi connectivity index (χ2v) is 4.50. The average molecular weight is 283 g/mol. The molecule has 0 unspecified atom stereocenters. The summed E-state index contributed by atoms with van der Waals surface area (Å²) in [6.45, 7) is 1.82. The maximum Gasteiger partial charge on any atom is 0.341 e. The minimum absolute atomic E-state index is 0.102. The van der Waals surface area contributed by atoms with Crippen molar-refractivity contribution in [3.63, 3.8) is 0 Å². The summed E-state index contributed by atoms with van der Waals surface area (Å²) in [6, 6.07) is 9.56. The van der Waals surface area contributed by atoms with Crippen LogP contribution in [0.1, 0.15) is 23.0 Å². The first-order chi connectivity index (χ1) is 10.2. The van der Waals surface area contributed by atoms with E-state index in [9.17, 15) is 9.90 Å². The van der Waals surface area contributed by atoms with Crippen LogP contribution in [-0.4, -0.2) is 26.0 Å². The Labute approximate surface area is 120 Å². The first-order valence-corrected chi connectivity index (χ1v) is 6.53. The van der Waals surface area contributed by atoms with Crippen molar-refractivity contribution in [2.75, 3.05) is 0 Å². The van der Waals surface area contributed by atoms with Gasteiger partial charge in [-0.05, 0) is 12.1 Å². The van der Waals surface area contributed by atoms with Gasteiger partial charge in [-0.2, -0.15) is 5.10 Å². The molecule has 0 saturated heterocycles. The van der Waals surface area contributed by atoms with Crippen LogP contribution in [0.4, 0.5) is 0 Å². The molecule has 0 aliphatic heterocycles. The Hall–Kier alpha value is -2.89. The fraction of sp³-hybridized carbons (Fsp3) is 0.133. The van der Waals surface area contributed by atoms with E-state index in [0.717, 1.165) is 5.69 Å². The predicted molar refractivity (Wildman–Crippen MR) is 75.4 cm³/mol. The lowest BCUT2D eigenvalue weighted by Gasteiger charge is -1.99. The number of carbonyl (C=O) groups is 1. The van der Waals surface area contributed by atoms with Crippen LogP contribution in [0.3, 0.4) is 0 Å². The van der Waals surface area contributed by atoms with E-state index in [2.05, 4.69) is 10.3 Å². The van der Waals surface area contributed by atoms with Crippen molar-refractivity contribution in [2.24, 2.45) is 0 Å². The molecule has 0 aliphatic rings. The minimum Gasteiger partial charge on any atom is -0.477 e. The molecule has 0 spiro atoms. The Balaban J connectivity index is 2.05. The molecule has 0 fully saturated rings. The predicted octanol–water partition coefficient (Wildman–Crippen LogP) is 2.79. The number of carboxylic acid groups (broad SMARTS) is 1. The summed E-state index contributed by atoms with van der Waals surface area (Å²) in [6.07, 6.45) is 3.79. The molecule has 0 radical (unpaired) electrons. The molecule has 106 valence electrons. The number of aryl methyl sites for hydroxylation is 1. The summed E-state index contributed by atoms with van der Waals surface area (Å²) in [5, 5.41) is 17.4. The standard InChI is InChI=1S/C15H13N3O3/c1-2-12-13(15(19)20)14(17-21-12)10-8-16-18(9-10)11-6-4-3-5-7-11/h3-9H,2H2,1H3,(H,19,20). The van der Waals surface area contributed by atoms with Crippen molar-refractivity contribution < 1.29 is 14.4 Å². The first kappa shape index (κ1) is 13.1. The van der Waals surface area contributed by atoms with Gasteiger partial charge in [0.2, 0.25) is 0 Å². The summed E-state index contributed by atoms with van der Waals surface area (Å²) in [5.41, 5.74) is 1.91. The van der Waals surface area contributed by atoms with E-state index in [1.165, 1.54) is 0 Å². The van der Waals surface area contributed by atoms with E-state index in [1.54, 1.807) is 17.1 Å². The minimum atomic E-state index is -1.05. The van der Waals surface area contributed by atoms with Gasteiger partial charge in [0.05, 0.1) is 11.9 Å². The highest BCUT2D eigenvalue weighted by Crippen LogP contribution is 2.26. The molecule has 2 aromatic heterocycles. The molecule has 6 nitrogen and oxygen atoms in total. The van der Waals surface area contributed by atoms with Crippen LogP contribution in [0, 0.1) is 0 Å². The lowest BCUT2D eigenvalue weighted by molar-refractivity contribution is 0.0695. The fourth-order valence-corrected chi connectivity index (χ4v) is 2.15. The van der Waals surface area contributed by atoms with Crippen molar-refractivity contribution >= 4 is 5.97 Å². The lowest BCUT2D eigenvalue weighted by Crippen LogP contribution is -2.00. The van der Waals surface area contributed by atoms with Gasteiger partial charge in [-0.25, -0.2) is 9.48 Å². The van der Waals surface area contributed by atoms with Crippen LogP contribution in [0.15, 0.2) is 47.2 Å². The second kappa shape index (κ2) is 5.24. The van der Waals surface area contributed by atoms with Crippen molar-refractivity contribution in [1.29, 1.82) is 0 Å². The zero-order valence-electron chi connectivity index (χ0n) is 11.4.